The van der Waals surface area contributed by atoms with Crippen molar-refractivity contribution in [1.29, 1.82) is 0 Å². The number of hydrogen-bond donors (Lipinski definition) is 1. The molecule has 0 saturated carbocycles. The number of nitrogens with one attached hydrogen (secondary N) is 1. The van der Waals surface area contributed by atoms with Crippen molar-refractivity contribution < 1.29 is 9.59 Å². The summed E-state index contributed by atoms with van der Waals surface area (Å²) in [5.41, 5.74) is 0.248. The molecule has 2 rings (SSSR count). The standard InChI is InChI=1S/C6H3N3O2/c10-4-3-1-7-2-8-5(3)9-6(4)11/h1-2H,(H,7,8,9,10,11). The van der Waals surface area contributed by atoms with Gasteiger partial charge >= 0.3 is 0 Å². The number of carbonyl (C=O) groups excluding carboxylic acids is 2. The van der Waals surface area contributed by atoms with Crippen molar-refractivity contribution in [3.05, 3.63) is 18.1 Å². The van der Waals surface area contributed by atoms with Crippen LogP contribution in [0.5, 0.6) is 0 Å². The van der Waals surface area contributed by atoms with Crippen LogP contribution >= 0.6 is 0 Å². The van der Waals surface area contributed by atoms with Crippen LogP contribution in [-0.2, 0) is 4.79 Å². The van der Waals surface area contributed by atoms with Gasteiger partial charge in [0.25, 0.3) is 11.7 Å². The van der Waals surface area contributed by atoms with E-state index >= 15 is 0 Å². The van der Waals surface area contributed by atoms with Crippen LogP contribution in [0, 0.1) is 0 Å². The Labute approximate surface area is 61.5 Å². The Morgan fingerprint density at radius 2 is 2.18 bits per heavy atom. The Hall–Kier alpha value is -1.78. The third kappa shape index (κ3) is 0.706. The van der Waals surface area contributed by atoms with Crippen LogP contribution in [0.4, 0.5) is 5.82 Å². The first kappa shape index (κ1) is 5.96. The predicted octanol–water partition coefficient (Wildman–Crippen LogP) is -0.389. The van der Waals surface area contributed by atoms with E-state index in [0.717, 1.165) is 0 Å². The van der Waals surface area contributed by atoms with E-state index in [4.69, 9.17) is 0 Å². The van der Waals surface area contributed by atoms with E-state index < -0.39 is 11.7 Å². The highest BCUT2D eigenvalue weighted by molar-refractivity contribution is 6.51. The summed E-state index contributed by atoms with van der Waals surface area (Å²) in [5.74, 6) is -0.906. The van der Waals surface area contributed by atoms with E-state index in [1.165, 1.54) is 12.5 Å². The molecular formula is C6H3N3O2. The first-order valence-electron chi connectivity index (χ1n) is 2.95. The fourth-order valence-corrected chi connectivity index (χ4v) is 0.882. The normalized spacial score (nSPS) is 14.5. The van der Waals surface area contributed by atoms with Crippen molar-refractivity contribution >= 4 is 17.5 Å². The number of ketones is 1. The van der Waals surface area contributed by atoms with E-state index in [9.17, 15) is 9.59 Å². The summed E-state index contributed by atoms with van der Waals surface area (Å²) >= 11 is 0. The van der Waals surface area contributed by atoms with Gasteiger partial charge < -0.3 is 5.32 Å². The SMILES string of the molecule is O=C1Nc2ncncc2C1=O. The number of rotatable bonds is 0. The van der Waals surface area contributed by atoms with Gasteiger partial charge in [0.15, 0.2) is 0 Å². The van der Waals surface area contributed by atoms with E-state index in [0.29, 0.717) is 5.82 Å². The van der Waals surface area contributed by atoms with E-state index in [1.807, 2.05) is 0 Å². The summed E-state index contributed by atoms with van der Waals surface area (Å²) in [4.78, 5) is 28.9. The average Bonchev–Trinajstić information content (AvgIpc) is 2.30. The van der Waals surface area contributed by atoms with Crippen LogP contribution in [-0.4, -0.2) is 21.7 Å². The Bertz CT molecular complexity index is 347. The summed E-state index contributed by atoms with van der Waals surface area (Å²) in [7, 11) is 0. The molecule has 1 aliphatic rings. The average molecular weight is 149 g/mol. The number of nitrogens with zero attached hydrogens (tertiary/aromatic N) is 2. The van der Waals surface area contributed by atoms with Crippen molar-refractivity contribution in [2.24, 2.45) is 0 Å². The van der Waals surface area contributed by atoms with Crippen molar-refractivity contribution in [2.45, 2.75) is 0 Å². The molecule has 1 aliphatic heterocycles. The van der Waals surface area contributed by atoms with Gasteiger partial charge in [0, 0.05) is 6.20 Å². The highest BCUT2D eigenvalue weighted by Gasteiger charge is 2.28. The quantitative estimate of drug-likeness (QED) is 0.510. The Balaban J connectivity index is 2.64. The number of fused-ring (bicyclic) bond motifs is 1. The molecule has 1 N–H and O–H groups in total. The lowest BCUT2D eigenvalue weighted by molar-refractivity contribution is -0.112. The third-order valence-electron chi connectivity index (χ3n) is 1.40. The largest absolute Gasteiger partial charge is 0.303 e. The van der Waals surface area contributed by atoms with E-state index in [-0.39, 0.29) is 5.56 Å². The first-order chi connectivity index (χ1) is 5.29. The number of Topliss-reactive ketones (excluding diaryl/α,β-unsaturated/α-hetero) is 1. The monoisotopic (exact) mass is 149 g/mol. The molecule has 1 amide bonds. The second kappa shape index (κ2) is 1.85. The zero-order valence-corrected chi connectivity index (χ0v) is 5.37. The minimum Gasteiger partial charge on any atom is -0.303 e. The summed E-state index contributed by atoms with van der Waals surface area (Å²) in [6.07, 6.45) is 2.60. The van der Waals surface area contributed by atoms with Crippen LogP contribution in [0.15, 0.2) is 12.5 Å². The Morgan fingerprint density at radius 3 is 2.91 bits per heavy atom. The first-order valence-corrected chi connectivity index (χ1v) is 2.95. The topological polar surface area (TPSA) is 72.0 Å². The van der Waals surface area contributed by atoms with Crippen molar-refractivity contribution in [3.8, 4) is 0 Å². The maximum absolute atomic E-state index is 10.9. The molecule has 5 nitrogen and oxygen atoms in total. The molecular weight excluding hydrogens is 146 g/mol. The molecule has 0 fully saturated rings. The van der Waals surface area contributed by atoms with Crippen molar-refractivity contribution in [3.63, 3.8) is 0 Å². The zero-order chi connectivity index (χ0) is 7.84. The number of aromatic nitrogens is 2. The molecule has 1 aromatic rings. The molecule has 0 aromatic carbocycles. The highest BCUT2D eigenvalue weighted by Crippen LogP contribution is 2.17. The predicted molar refractivity (Wildman–Crippen MR) is 35.0 cm³/mol. The van der Waals surface area contributed by atoms with E-state index in [1.54, 1.807) is 0 Å². The second-order valence-corrected chi connectivity index (χ2v) is 2.07. The molecule has 2 heterocycles. The molecule has 0 spiro atoms. The fraction of sp³-hybridized carbons (Fsp3) is 0. The van der Waals surface area contributed by atoms with Crippen molar-refractivity contribution in [1.82, 2.24) is 9.97 Å². The summed E-state index contributed by atoms with van der Waals surface area (Å²) in [5, 5.41) is 2.31. The maximum Gasteiger partial charge on any atom is 0.298 e. The summed E-state index contributed by atoms with van der Waals surface area (Å²) in [6, 6.07) is 0. The van der Waals surface area contributed by atoms with Gasteiger partial charge in [-0.15, -0.1) is 0 Å². The van der Waals surface area contributed by atoms with Gasteiger partial charge in [-0.3, -0.25) is 9.59 Å². The Morgan fingerprint density at radius 1 is 1.36 bits per heavy atom. The van der Waals surface area contributed by atoms with Crippen LogP contribution in [0.1, 0.15) is 10.4 Å². The highest BCUT2D eigenvalue weighted by atomic mass is 16.2. The van der Waals surface area contributed by atoms with Gasteiger partial charge in [-0.2, -0.15) is 0 Å². The van der Waals surface area contributed by atoms with Crippen molar-refractivity contribution in [2.75, 3.05) is 5.32 Å². The second-order valence-electron chi connectivity index (χ2n) is 2.07. The summed E-state index contributed by atoms with van der Waals surface area (Å²) < 4.78 is 0. The minimum absolute atomic E-state index is 0.248. The molecule has 0 bridgehead atoms. The Kier molecular flexibility index (Phi) is 1.00. The van der Waals surface area contributed by atoms with Crippen LogP contribution in [0.3, 0.4) is 0 Å². The lowest BCUT2D eigenvalue weighted by Gasteiger charge is -1.89. The third-order valence-corrected chi connectivity index (χ3v) is 1.40. The number of hydrogen-bond acceptors (Lipinski definition) is 4. The molecule has 0 unspecified atom stereocenters. The van der Waals surface area contributed by atoms with Gasteiger partial charge in [0.1, 0.15) is 12.1 Å². The fourth-order valence-electron chi connectivity index (χ4n) is 0.882. The van der Waals surface area contributed by atoms with Gasteiger partial charge in [0.2, 0.25) is 0 Å². The van der Waals surface area contributed by atoms with Crippen LogP contribution in [0.25, 0.3) is 0 Å². The molecule has 0 atom stereocenters. The lowest BCUT2D eigenvalue weighted by Crippen LogP contribution is -2.12. The lowest BCUT2D eigenvalue weighted by atomic mass is 10.2. The number of amides is 1. The molecule has 0 aliphatic carbocycles. The molecule has 0 saturated heterocycles. The number of carbonyl (C=O) groups is 2. The molecule has 0 radical (unpaired) electrons. The van der Waals surface area contributed by atoms with Crippen LogP contribution < -0.4 is 5.32 Å². The molecule has 5 heteroatoms. The summed E-state index contributed by atoms with van der Waals surface area (Å²) in [6.45, 7) is 0. The van der Waals surface area contributed by atoms with Crippen LogP contribution in [0.2, 0.25) is 0 Å². The zero-order valence-electron chi connectivity index (χ0n) is 5.37. The molecule has 11 heavy (non-hydrogen) atoms. The molecule has 54 valence electrons. The smallest absolute Gasteiger partial charge is 0.298 e. The van der Waals surface area contributed by atoms with Gasteiger partial charge in [-0.25, -0.2) is 9.97 Å². The van der Waals surface area contributed by atoms with E-state index in [2.05, 4.69) is 15.3 Å². The van der Waals surface area contributed by atoms with Gasteiger partial charge in [0.05, 0.1) is 5.56 Å². The number of anilines is 1. The molecule has 1 aromatic heterocycles. The minimum atomic E-state index is -0.638. The van der Waals surface area contributed by atoms with Gasteiger partial charge in [-0.05, 0) is 0 Å². The maximum atomic E-state index is 10.9. The van der Waals surface area contributed by atoms with Gasteiger partial charge in [-0.1, -0.05) is 0 Å².